The second kappa shape index (κ2) is 4.88. The molecule has 1 aromatic carbocycles. The summed E-state index contributed by atoms with van der Waals surface area (Å²) in [7, 11) is 1.67. The molecule has 0 amide bonds. The number of hydrogen-bond donors (Lipinski definition) is 0. The van der Waals surface area contributed by atoms with E-state index in [2.05, 4.69) is 34.6 Å². The van der Waals surface area contributed by atoms with Crippen LogP contribution in [-0.4, -0.2) is 27.6 Å². The molecule has 1 aliphatic heterocycles. The SMILES string of the molecule is COCC1(C)[C@@]2(C)C(C)=C(C)[C@]1(C)n1c(=O)n(-c3ccccc3)c(=O)n12. The molecular weight excluding hydrogens is 330 g/mol. The van der Waals surface area contributed by atoms with Crippen LogP contribution in [0.25, 0.3) is 5.69 Å². The standard InChI is InChI=1S/C20H25N3O3/c1-13-14(2)20(5)18(3,12-26-6)19(13,4)22-16(24)21(17(25)23(20)22)15-10-8-7-9-11-15/h7-11H,12H2,1-6H3/t18?,19-,20+. The van der Waals surface area contributed by atoms with Crippen molar-refractivity contribution in [3.05, 3.63) is 62.4 Å². The van der Waals surface area contributed by atoms with Crippen LogP contribution in [0.2, 0.25) is 0 Å². The Balaban J connectivity index is 2.13. The van der Waals surface area contributed by atoms with Crippen LogP contribution in [0.15, 0.2) is 51.1 Å². The minimum absolute atomic E-state index is 0.304. The lowest BCUT2D eigenvalue weighted by atomic mass is 9.65. The Morgan fingerprint density at radius 2 is 1.35 bits per heavy atom. The molecule has 1 aliphatic carbocycles. The normalized spacial score (nSPS) is 32.4. The summed E-state index contributed by atoms with van der Waals surface area (Å²) >= 11 is 0. The van der Waals surface area contributed by atoms with E-state index in [1.807, 2.05) is 18.2 Å². The number of rotatable bonds is 3. The number of ether oxygens (including phenoxy) is 1. The van der Waals surface area contributed by atoms with E-state index in [4.69, 9.17) is 4.74 Å². The number of para-hydroxylation sites is 1. The molecule has 4 rings (SSSR count). The molecule has 0 saturated heterocycles. The molecule has 1 unspecified atom stereocenters. The summed E-state index contributed by atoms with van der Waals surface area (Å²) in [6.07, 6.45) is 0. The monoisotopic (exact) mass is 355 g/mol. The first-order valence-corrected chi connectivity index (χ1v) is 8.88. The molecule has 1 aromatic heterocycles. The van der Waals surface area contributed by atoms with E-state index in [9.17, 15) is 9.59 Å². The predicted octanol–water partition coefficient (Wildman–Crippen LogP) is 2.25. The minimum atomic E-state index is -0.627. The van der Waals surface area contributed by atoms with Crippen molar-refractivity contribution in [2.75, 3.05) is 13.7 Å². The van der Waals surface area contributed by atoms with Gasteiger partial charge in [0.1, 0.15) is 0 Å². The van der Waals surface area contributed by atoms with Crippen LogP contribution < -0.4 is 11.4 Å². The van der Waals surface area contributed by atoms with E-state index < -0.39 is 16.5 Å². The Bertz CT molecular complexity index is 999. The number of aromatic nitrogens is 3. The molecular formula is C20H25N3O3. The van der Waals surface area contributed by atoms with E-state index in [1.165, 1.54) is 4.57 Å². The number of allylic oxidation sites excluding steroid dienone is 2. The predicted molar refractivity (Wildman–Crippen MR) is 99.9 cm³/mol. The Labute approximate surface area is 152 Å². The summed E-state index contributed by atoms with van der Waals surface area (Å²) < 4.78 is 10.2. The topological polar surface area (TPSA) is 58.2 Å². The van der Waals surface area contributed by atoms with Gasteiger partial charge in [0.05, 0.1) is 23.4 Å². The first-order chi connectivity index (χ1) is 12.2. The summed E-state index contributed by atoms with van der Waals surface area (Å²) in [6.45, 7) is 10.8. The zero-order chi connectivity index (χ0) is 19.1. The van der Waals surface area contributed by atoms with E-state index in [0.717, 1.165) is 11.1 Å². The van der Waals surface area contributed by atoms with Crippen LogP contribution in [0.1, 0.15) is 34.6 Å². The van der Waals surface area contributed by atoms with Gasteiger partial charge >= 0.3 is 11.4 Å². The highest BCUT2D eigenvalue weighted by molar-refractivity contribution is 5.46. The van der Waals surface area contributed by atoms with E-state index in [0.29, 0.717) is 12.3 Å². The van der Waals surface area contributed by atoms with Crippen LogP contribution in [0.5, 0.6) is 0 Å². The maximum Gasteiger partial charge on any atom is 0.352 e. The second-order valence-electron chi connectivity index (χ2n) is 8.02. The number of hydrogen-bond acceptors (Lipinski definition) is 3. The molecule has 0 spiro atoms. The van der Waals surface area contributed by atoms with Crippen molar-refractivity contribution in [1.82, 2.24) is 13.9 Å². The van der Waals surface area contributed by atoms with E-state index >= 15 is 0 Å². The van der Waals surface area contributed by atoms with Crippen molar-refractivity contribution in [1.29, 1.82) is 0 Å². The van der Waals surface area contributed by atoms with Crippen molar-refractivity contribution in [2.45, 2.75) is 45.7 Å². The van der Waals surface area contributed by atoms with Crippen LogP contribution in [0, 0.1) is 5.41 Å². The van der Waals surface area contributed by atoms with Gasteiger partial charge in [0.15, 0.2) is 0 Å². The maximum atomic E-state index is 13.4. The highest BCUT2D eigenvalue weighted by Gasteiger charge is 2.72. The van der Waals surface area contributed by atoms with Crippen LogP contribution >= 0.6 is 0 Å². The Kier molecular flexibility index (Phi) is 3.21. The molecule has 3 atom stereocenters. The molecule has 2 bridgehead atoms. The summed E-state index contributed by atoms with van der Waals surface area (Å²) in [5, 5.41) is 0. The third kappa shape index (κ3) is 1.46. The number of benzene rings is 1. The first kappa shape index (κ1) is 17.1. The van der Waals surface area contributed by atoms with Gasteiger partial charge in [0.2, 0.25) is 0 Å². The van der Waals surface area contributed by atoms with Crippen molar-refractivity contribution < 1.29 is 4.74 Å². The molecule has 2 heterocycles. The van der Waals surface area contributed by atoms with Crippen molar-refractivity contribution >= 4 is 0 Å². The number of nitrogens with zero attached hydrogens (tertiary/aromatic N) is 3. The van der Waals surface area contributed by atoms with Gasteiger partial charge in [-0.3, -0.25) is 0 Å². The van der Waals surface area contributed by atoms with Crippen LogP contribution in [0.3, 0.4) is 0 Å². The van der Waals surface area contributed by atoms with Crippen LogP contribution in [-0.2, 0) is 15.8 Å². The summed E-state index contributed by atoms with van der Waals surface area (Å²) in [4.78, 5) is 26.8. The quantitative estimate of drug-likeness (QED) is 0.794. The molecule has 6 nitrogen and oxygen atoms in total. The van der Waals surface area contributed by atoms with E-state index in [1.54, 1.807) is 28.6 Å². The third-order valence-electron chi connectivity index (χ3n) is 7.41. The highest BCUT2D eigenvalue weighted by atomic mass is 16.5. The fourth-order valence-corrected chi connectivity index (χ4v) is 5.41. The maximum absolute atomic E-state index is 13.4. The zero-order valence-electron chi connectivity index (χ0n) is 16.2. The molecule has 138 valence electrons. The third-order valence-corrected chi connectivity index (χ3v) is 7.41. The zero-order valence-corrected chi connectivity index (χ0v) is 16.2. The Morgan fingerprint density at radius 3 is 1.77 bits per heavy atom. The molecule has 0 saturated carbocycles. The molecule has 6 heteroatoms. The minimum Gasteiger partial charge on any atom is -0.384 e. The fourth-order valence-electron chi connectivity index (χ4n) is 5.41. The van der Waals surface area contributed by atoms with Crippen molar-refractivity contribution in [3.8, 4) is 5.69 Å². The van der Waals surface area contributed by atoms with Crippen LogP contribution in [0.4, 0.5) is 0 Å². The number of fused-ring (bicyclic) bond motifs is 5. The van der Waals surface area contributed by atoms with E-state index in [-0.39, 0.29) is 11.4 Å². The second-order valence-corrected chi connectivity index (χ2v) is 8.02. The average molecular weight is 355 g/mol. The van der Waals surface area contributed by atoms with Gasteiger partial charge in [-0.2, -0.15) is 0 Å². The lowest BCUT2D eigenvalue weighted by Gasteiger charge is -2.41. The largest absolute Gasteiger partial charge is 0.384 e. The summed E-state index contributed by atoms with van der Waals surface area (Å²) in [6, 6.07) is 9.10. The molecule has 26 heavy (non-hydrogen) atoms. The van der Waals surface area contributed by atoms with Gasteiger partial charge in [-0.1, -0.05) is 25.1 Å². The molecule has 0 radical (unpaired) electrons. The molecule has 0 fully saturated rings. The fraction of sp³-hybridized carbons (Fsp3) is 0.500. The highest BCUT2D eigenvalue weighted by Crippen LogP contribution is 2.65. The van der Waals surface area contributed by atoms with Crippen molar-refractivity contribution in [2.24, 2.45) is 5.41 Å². The number of methoxy groups -OCH3 is 1. The smallest absolute Gasteiger partial charge is 0.352 e. The summed E-state index contributed by atoms with van der Waals surface area (Å²) in [5.41, 5.74) is 0.557. The average Bonchev–Trinajstić information content (AvgIpc) is 3.01. The van der Waals surface area contributed by atoms with Gasteiger partial charge in [-0.15, -0.1) is 0 Å². The van der Waals surface area contributed by atoms with Gasteiger partial charge in [-0.25, -0.2) is 23.5 Å². The lowest BCUT2D eigenvalue weighted by molar-refractivity contribution is 0.00372. The van der Waals surface area contributed by atoms with Crippen molar-refractivity contribution in [3.63, 3.8) is 0 Å². The molecule has 2 aliphatic rings. The first-order valence-electron chi connectivity index (χ1n) is 8.88. The van der Waals surface area contributed by atoms with Gasteiger partial charge in [0, 0.05) is 12.5 Å². The van der Waals surface area contributed by atoms with Gasteiger partial charge in [-0.05, 0) is 51.0 Å². The lowest BCUT2D eigenvalue weighted by Crippen LogP contribution is -2.52. The Morgan fingerprint density at radius 1 is 0.885 bits per heavy atom. The van der Waals surface area contributed by atoms with Gasteiger partial charge in [0.25, 0.3) is 0 Å². The Hall–Kier alpha value is -2.34. The summed E-state index contributed by atoms with van der Waals surface area (Å²) in [5.74, 6) is 0. The molecule has 2 aromatic rings. The van der Waals surface area contributed by atoms with Gasteiger partial charge < -0.3 is 4.74 Å². The molecule has 0 N–H and O–H groups in total.